The highest BCUT2D eigenvalue weighted by Crippen LogP contribution is 2.11. The number of aliphatic carboxylic acids is 2. The van der Waals surface area contributed by atoms with Crippen LogP contribution in [0.5, 0.6) is 0 Å². The molecule has 0 spiro atoms. The first-order valence-electron chi connectivity index (χ1n) is 9.13. The van der Waals surface area contributed by atoms with Gasteiger partial charge in [0.05, 0.1) is 6.61 Å². The van der Waals surface area contributed by atoms with E-state index in [-0.39, 0.29) is 50.3 Å². The van der Waals surface area contributed by atoms with Crippen molar-refractivity contribution in [1.29, 1.82) is 0 Å². The zero-order chi connectivity index (χ0) is 19.8. The highest BCUT2D eigenvalue weighted by atomic mass is 16.5. The average Bonchev–Trinajstić information content (AvgIpc) is 2.58. The first kappa shape index (κ1) is 23.9. The third-order valence-electron chi connectivity index (χ3n) is 3.73. The molecule has 0 fully saturated rings. The van der Waals surface area contributed by atoms with Gasteiger partial charge in [0.15, 0.2) is 0 Å². The lowest BCUT2D eigenvalue weighted by atomic mass is 10.1. The van der Waals surface area contributed by atoms with Crippen LogP contribution in [0.25, 0.3) is 0 Å². The highest BCUT2D eigenvalue weighted by molar-refractivity contribution is 5.70. The molecule has 0 amide bonds. The first-order chi connectivity index (χ1) is 12.3. The Hall–Kier alpha value is -2.12. The van der Waals surface area contributed by atoms with Crippen molar-refractivity contribution < 1.29 is 38.9 Å². The number of esters is 2. The lowest BCUT2D eigenvalue weighted by Crippen LogP contribution is -2.18. The SMILES string of the molecule is CCC(CCCOC(=O)CCCCC(=O)O)OC(=O)CCCCC(=O)O. The van der Waals surface area contributed by atoms with Crippen LogP contribution in [0.4, 0.5) is 0 Å². The van der Waals surface area contributed by atoms with Gasteiger partial charge in [-0.15, -0.1) is 0 Å². The Morgan fingerprint density at radius 3 is 1.77 bits per heavy atom. The maximum atomic E-state index is 11.7. The number of carbonyl (C=O) groups excluding carboxylic acids is 2. The van der Waals surface area contributed by atoms with Crippen molar-refractivity contribution in [2.75, 3.05) is 6.61 Å². The number of carboxylic acid groups (broad SMARTS) is 2. The summed E-state index contributed by atoms with van der Waals surface area (Å²) in [5, 5.41) is 17.0. The Bertz CT molecular complexity index is 446. The van der Waals surface area contributed by atoms with Crippen LogP contribution in [0.2, 0.25) is 0 Å². The predicted octanol–water partition coefficient (Wildman–Crippen LogP) is 2.92. The lowest BCUT2D eigenvalue weighted by molar-refractivity contribution is -0.151. The first-order valence-corrected chi connectivity index (χ1v) is 9.13. The van der Waals surface area contributed by atoms with Crippen molar-refractivity contribution in [1.82, 2.24) is 0 Å². The summed E-state index contributed by atoms with van der Waals surface area (Å²) in [5.41, 5.74) is 0. The molecule has 0 radical (unpaired) electrons. The van der Waals surface area contributed by atoms with Gasteiger partial charge in [0, 0.05) is 25.7 Å². The van der Waals surface area contributed by atoms with Gasteiger partial charge in [-0.1, -0.05) is 6.92 Å². The summed E-state index contributed by atoms with van der Waals surface area (Å²) >= 11 is 0. The molecule has 0 aliphatic carbocycles. The quantitative estimate of drug-likeness (QED) is 0.312. The van der Waals surface area contributed by atoms with Crippen molar-refractivity contribution in [3.63, 3.8) is 0 Å². The Kier molecular flexibility index (Phi) is 13.9. The standard InChI is InChI=1S/C18H30O8/c1-2-14(26-18(24)12-6-4-10-16(21)22)8-7-13-25-17(23)11-5-3-9-15(19)20/h14H,2-13H2,1H3,(H,19,20)(H,21,22). The number of carboxylic acids is 2. The maximum absolute atomic E-state index is 11.7. The molecule has 0 heterocycles. The van der Waals surface area contributed by atoms with Gasteiger partial charge in [0.1, 0.15) is 6.10 Å². The van der Waals surface area contributed by atoms with E-state index in [0.717, 1.165) is 0 Å². The number of carbonyl (C=O) groups is 4. The van der Waals surface area contributed by atoms with Crippen molar-refractivity contribution >= 4 is 23.9 Å². The van der Waals surface area contributed by atoms with Gasteiger partial charge < -0.3 is 19.7 Å². The van der Waals surface area contributed by atoms with Crippen LogP contribution in [-0.2, 0) is 28.7 Å². The number of rotatable bonds is 16. The molecule has 150 valence electrons. The molecule has 8 heteroatoms. The molecule has 0 saturated carbocycles. The Labute approximate surface area is 153 Å². The maximum Gasteiger partial charge on any atom is 0.306 e. The van der Waals surface area contributed by atoms with Gasteiger partial charge in [-0.2, -0.15) is 0 Å². The van der Waals surface area contributed by atoms with Gasteiger partial charge in [0.2, 0.25) is 0 Å². The summed E-state index contributed by atoms with van der Waals surface area (Å²) < 4.78 is 10.4. The Morgan fingerprint density at radius 1 is 0.769 bits per heavy atom. The van der Waals surface area contributed by atoms with Gasteiger partial charge in [0.25, 0.3) is 0 Å². The van der Waals surface area contributed by atoms with Crippen LogP contribution in [0.3, 0.4) is 0 Å². The second kappa shape index (κ2) is 15.2. The Morgan fingerprint density at radius 2 is 1.27 bits per heavy atom. The summed E-state index contributed by atoms with van der Waals surface area (Å²) in [4.78, 5) is 43.9. The van der Waals surface area contributed by atoms with Crippen molar-refractivity contribution in [3.8, 4) is 0 Å². The summed E-state index contributed by atoms with van der Waals surface area (Å²) in [6.45, 7) is 2.14. The minimum absolute atomic E-state index is 0.0478. The van der Waals surface area contributed by atoms with E-state index in [2.05, 4.69) is 0 Å². The van der Waals surface area contributed by atoms with E-state index in [0.29, 0.717) is 44.9 Å². The topological polar surface area (TPSA) is 127 Å². The van der Waals surface area contributed by atoms with E-state index >= 15 is 0 Å². The van der Waals surface area contributed by atoms with Gasteiger partial charge in [-0.3, -0.25) is 19.2 Å². The zero-order valence-corrected chi connectivity index (χ0v) is 15.4. The molecule has 0 aromatic rings. The van der Waals surface area contributed by atoms with Gasteiger partial charge >= 0.3 is 23.9 Å². The number of hydrogen-bond donors (Lipinski definition) is 2. The predicted molar refractivity (Wildman–Crippen MR) is 92.6 cm³/mol. The monoisotopic (exact) mass is 374 g/mol. The summed E-state index contributed by atoms with van der Waals surface area (Å²) in [5.74, 6) is -2.43. The van der Waals surface area contributed by atoms with E-state index in [1.807, 2.05) is 6.92 Å². The van der Waals surface area contributed by atoms with Gasteiger partial charge in [-0.25, -0.2) is 0 Å². The number of ether oxygens (including phenoxy) is 2. The van der Waals surface area contributed by atoms with E-state index in [4.69, 9.17) is 19.7 Å². The summed E-state index contributed by atoms with van der Waals surface area (Å²) in [6, 6.07) is 0. The molecule has 8 nitrogen and oxygen atoms in total. The van der Waals surface area contributed by atoms with Crippen molar-refractivity contribution in [2.45, 2.75) is 83.7 Å². The molecular formula is C18H30O8. The normalized spacial score (nSPS) is 11.6. The molecule has 0 aromatic carbocycles. The van der Waals surface area contributed by atoms with Gasteiger partial charge in [-0.05, 0) is 44.9 Å². The van der Waals surface area contributed by atoms with E-state index in [9.17, 15) is 19.2 Å². The van der Waals surface area contributed by atoms with Crippen LogP contribution in [0, 0.1) is 0 Å². The number of unbranched alkanes of at least 4 members (excludes halogenated alkanes) is 2. The molecule has 1 atom stereocenters. The summed E-state index contributed by atoms with van der Waals surface area (Å²) in [7, 11) is 0. The lowest BCUT2D eigenvalue weighted by Gasteiger charge is -2.16. The van der Waals surface area contributed by atoms with Crippen molar-refractivity contribution in [2.24, 2.45) is 0 Å². The van der Waals surface area contributed by atoms with Crippen LogP contribution >= 0.6 is 0 Å². The molecule has 1 unspecified atom stereocenters. The molecule has 0 aromatic heterocycles. The molecule has 0 bridgehead atoms. The second-order valence-electron chi connectivity index (χ2n) is 6.08. The third-order valence-corrected chi connectivity index (χ3v) is 3.73. The van der Waals surface area contributed by atoms with E-state index in [1.54, 1.807) is 0 Å². The zero-order valence-electron chi connectivity index (χ0n) is 15.4. The van der Waals surface area contributed by atoms with Crippen LogP contribution < -0.4 is 0 Å². The minimum Gasteiger partial charge on any atom is -0.481 e. The molecule has 26 heavy (non-hydrogen) atoms. The summed E-state index contributed by atoms with van der Waals surface area (Å²) in [6.07, 6.45) is 3.96. The molecule has 0 aliphatic rings. The highest BCUT2D eigenvalue weighted by Gasteiger charge is 2.13. The molecule has 0 aliphatic heterocycles. The fourth-order valence-corrected chi connectivity index (χ4v) is 2.25. The van der Waals surface area contributed by atoms with Crippen molar-refractivity contribution in [3.05, 3.63) is 0 Å². The van der Waals surface area contributed by atoms with E-state index in [1.165, 1.54) is 0 Å². The average molecular weight is 374 g/mol. The smallest absolute Gasteiger partial charge is 0.306 e. The third kappa shape index (κ3) is 15.4. The molecule has 2 N–H and O–H groups in total. The van der Waals surface area contributed by atoms with E-state index < -0.39 is 11.9 Å². The van der Waals surface area contributed by atoms with Crippen LogP contribution in [-0.4, -0.2) is 46.8 Å². The number of hydrogen-bond acceptors (Lipinski definition) is 6. The second-order valence-corrected chi connectivity index (χ2v) is 6.08. The Balaban J connectivity index is 3.74. The molecular weight excluding hydrogens is 344 g/mol. The largest absolute Gasteiger partial charge is 0.481 e. The van der Waals surface area contributed by atoms with Crippen LogP contribution in [0.15, 0.2) is 0 Å². The molecule has 0 rings (SSSR count). The van der Waals surface area contributed by atoms with Crippen LogP contribution in [0.1, 0.15) is 77.6 Å². The molecule has 0 saturated heterocycles. The fourth-order valence-electron chi connectivity index (χ4n) is 2.25. The minimum atomic E-state index is -0.875. The fraction of sp³-hybridized carbons (Fsp3) is 0.778.